The van der Waals surface area contributed by atoms with Crippen molar-refractivity contribution >= 4 is 16.9 Å². The quantitative estimate of drug-likeness (QED) is 0.871. The lowest BCUT2D eigenvalue weighted by Crippen LogP contribution is -2.65. The van der Waals surface area contributed by atoms with Crippen molar-refractivity contribution in [2.24, 2.45) is 0 Å². The van der Waals surface area contributed by atoms with Gasteiger partial charge in [-0.2, -0.15) is 0 Å². The van der Waals surface area contributed by atoms with Gasteiger partial charge >= 0.3 is 0 Å². The molecule has 4 heterocycles. The van der Waals surface area contributed by atoms with Crippen LogP contribution in [-0.4, -0.2) is 52.1 Å². The van der Waals surface area contributed by atoms with Gasteiger partial charge in [0.1, 0.15) is 17.8 Å². The Labute approximate surface area is 140 Å². The van der Waals surface area contributed by atoms with Gasteiger partial charge in [-0.05, 0) is 32.4 Å². The number of anilines is 1. The van der Waals surface area contributed by atoms with Crippen molar-refractivity contribution in [2.75, 3.05) is 31.6 Å². The third-order valence-corrected chi connectivity index (χ3v) is 4.91. The van der Waals surface area contributed by atoms with Crippen LogP contribution >= 0.6 is 0 Å². The zero-order valence-corrected chi connectivity index (χ0v) is 15.3. The molecular weight excluding hydrogens is 286 g/mol. The van der Waals surface area contributed by atoms with E-state index in [1.807, 2.05) is 33.9 Å². The number of piperidine rings is 1. The summed E-state index contributed by atoms with van der Waals surface area (Å²) >= 11 is 0. The number of likely N-dealkylation sites (tertiary alicyclic amines) is 1. The molecule has 0 aromatic carbocycles. The Hall–Kier alpha value is -1.62. The zero-order valence-electron chi connectivity index (χ0n) is 15.3. The second-order valence-electron chi connectivity index (χ2n) is 5.86. The summed E-state index contributed by atoms with van der Waals surface area (Å²) in [5.41, 5.74) is 1.33. The molecule has 128 valence electrons. The van der Waals surface area contributed by atoms with Gasteiger partial charge in [-0.25, -0.2) is 9.97 Å². The zero-order chi connectivity index (χ0) is 16.9. The van der Waals surface area contributed by atoms with Gasteiger partial charge in [-0.3, -0.25) is 4.90 Å². The number of hydrogen-bond acceptors (Lipinski definition) is 4. The molecule has 1 N–H and O–H groups in total. The molecule has 0 radical (unpaired) electrons. The summed E-state index contributed by atoms with van der Waals surface area (Å²) in [6.45, 7) is 11.4. The first-order valence-electron chi connectivity index (χ1n) is 9.03. The van der Waals surface area contributed by atoms with Crippen molar-refractivity contribution in [1.29, 1.82) is 0 Å². The second-order valence-corrected chi connectivity index (χ2v) is 5.86. The molecule has 1 unspecified atom stereocenters. The normalized spacial score (nSPS) is 23.6. The highest BCUT2D eigenvalue weighted by Gasteiger charge is 2.45. The molecule has 5 nitrogen and oxygen atoms in total. The monoisotopic (exact) mass is 317 g/mol. The number of likely N-dealkylation sites (N-methyl/N-ethyl adjacent to an activating group) is 1. The molecule has 23 heavy (non-hydrogen) atoms. The fraction of sp³-hybridized carbons (Fsp3) is 0.667. The predicted octanol–water partition coefficient (Wildman–Crippen LogP) is 3.68. The number of nitrogens with one attached hydrogen (secondary N) is 1. The van der Waals surface area contributed by atoms with Crippen LogP contribution in [0.25, 0.3) is 11.0 Å². The van der Waals surface area contributed by atoms with Crippen LogP contribution in [0.1, 0.15) is 47.0 Å². The van der Waals surface area contributed by atoms with E-state index in [0.29, 0.717) is 5.54 Å². The minimum absolute atomic E-state index is 0.395. The lowest BCUT2D eigenvalue weighted by Gasteiger charge is -2.56. The van der Waals surface area contributed by atoms with Crippen molar-refractivity contribution in [2.45, 2.75) is 52.5 Å². The minimum Gasteiger partial charge on any atom is -0.354 e. The molecule has 1 spiro atoms. The van der Waals surface area contributed by atoms with Crippen molar-refractivity contribution in [1.82, 2.24) is 19.9 Å². The smallest absolute Gasteiger partial charge is 0.142 e. The Morgan fingerprint density at radius 3 is 2.52 bits per heavy atom. The van der Waals surface area contributed by atoms with E-state index in [2.05, 4.69) is 37.9 Å². The molecular formula is C18H31N5. The number of rotatable bonds is 1. The van der Waals surface area contributed by atoms with Gasteiger partial charge in [0.2, 0.25) is 0 Å². The number of aromatic amines is 1. The molecule has 0 bridgehead atoms. The van der Waals surface area contributed by atoms with Crippen LogP contribution in [0, 0.1) is 0 Å². The van der Waals surface area contributed by atoms with Gasteiger partial charge in [0.05, 0.1) is 5.39 Å². The van der Waals surface area contributed by atoms with Crippen LogP contribution in [0.3, 0.4) is 0 Å². The largest absolute Gasteiger partial charge is 0.354 e. The fourth-order valence-electron chi connectivity index (χ4n) is 3.57. The van der Waals surface area contributed by atoms with Crippen LogP contribution in [0.4, 0.5) is 5.82 Å². The molecule has 2 fully saturated rings. The average Bonchev–Trinajstić information content (AvgIpc) is 3.12. The van der Waals surface area contributed by atoms with Crippen LogP contribution in [0.5, 0.6) is 0 Å². The number of aromatic nitrogens is 3. The van der Waals surface area contributed by atoms with Crippen molar-refractivity contribution in [3.63, 3.8) is 0 Å². The standard InChI is InChI=1S/C14H19N5.2C2H6/c1-18-8-5-14(18)4-2-7-19(9-14)13-11-3-6-15-12(11)16-10-17-13;2*1-2/h3,6,10H,2,4-5,7-9H2,1H3,(H,15,16,17);2*1-2H3. The number of H-pyrrole nitrogens is 1. The van der Waals surface area contributed by atoms with Crippen LogP contribution in [0.15, 0.2) is 18.6 Å². The molecule has 2 aliphatic rings. The third kappa shape index (κ3) is 3.20. The first-order chi connectivity index (χ1) is 11.3. The Bertz CT molecular complexity index is 608. The maximum atomic E-state index is 4.53. The Balaban J connectivity index is 0.000000448. The molecule has 1 atom stereocenters. The minimum atomic E-state index is 0.395. The van der Waals surface area contributed by atoms with Crippen LogP contribution in [0.2, 0.25) is 0 Å². The predicted molar refractivity (Wildman–Crippen MR) is 98.0 cm³/mol. The van der Waals surface area contributed by atoms with Crippen molar-refractivity contribution in [3.8, 4) is 0 Å². The van der Waals surface area contributed by atoms with Gasteiger partial charge in [0.25, 0.3) is 0 Å². The molecule has 0 aliphatic carbocycles. The number of nitrogens with zero attached hydrogens (tertiary/aromatic N) is 4. The first-order valence-corrected chi connectivity index (χ1v) is 9.03. The van der Waals surface area contributed by atoms with Gasteiger partial charge in [-0.15, -0.1) is 0 Å². The van der Waals surface area contributed by atoms with E-state index >= 15 is 0 Å². The molecule has 2 aromatic rings. The summed E-state index contributed by atoms with van der Waals surface area (Å²) in [6.07, 6.45) is 7.50. The maximum absolute atomic E-state index is 4.53. The highest BCUT2D eigenvalue weighted by atomic mass is 15.3. The fourth-order valence-corrected chi connectivity index (χ4v) is 3.57. The number of hydrogen-bond donors (Lipinski definition) is 1. The summed E-state index contributed by atoms with van der Waals surface area (Å²) in [5, 5.41) is 1.14. The Morgan fingerprint density at radius 1 is 1.09 bits per heavy atom. The van der Waals surface area contributed by atoms with Crippen LogP contribution in [-0.2, 0) is 0 Å². The van der Waals surface area contributed by atoms with E-state index in [9.17, 15) is 0 Å². The van der Waals surface area contributed by atoms with Crippen LogP contribution < -0.4 is 4.90 Å². The number of fused-ring (bicyclic) bond motifs is 1. The van der Waals surface area contributed by atoms with E-state index in [1.165, 1.54) is 25.8 Å². The van der Waals surface area contributed by atoms with Gasteiger partial charge in [0.15, 0.2) is 0 Å². The molecule has 2 aromatic heterocycles. The van der Waals surface area contributed by atoms with Crippen molar-refractivity contribution < 1.29 is 0 Å². The summed E-state index contributed by atoms with van der Waals surface area (Å²) < 4.78 is 0. The van der Waals surface area contributed by atoms with E-state index in [1.54, 1.807) is 6.33 Å². The van der Waals surface area contributed by atoms with Crippen molar-refractivity contribution in [3.05, 3.63) is 18.6 Å². The first kappa shape index (κ1) is 17.7. The average molecular weight is 317 g/mol. The highest BCUT2D eigenvalue weighted by molar-refractivity contribution is 5.87. The second kappa shape index (κ2) is 7.77. The molecule has 5 heteroatoms. The third-order valence-electron chi connectivity index (χ3n) is 4.91. The molecule has 2 saturated heterocycles. The van der Waals surface area contributed by atoms with E-state index in [0.717, 1.165) is 29.9 Å². The summed E-state index contributed by atoms with van der Waals surface area (Å²) in [4.78, 5) is 16.9. The van der Waals surface area contributed by atoms with Gasteiger partial charge in [0, 0.05) is 31.4 Å². The highest BCUT2D eigenvalue weighted by Crippen LogP contribution is 2.39. The van der Waals surface area contributed by atoms with E-state index < -0.39 is 0 Å². The Kier molecular flexibility index (Phi) is 5.99. The summed E-state index contributed by atoms with van der Waals surface area (Å²) in [5.74, 6) is 1.09. The molecule has 0 saturated carbocycles. The van der Waals surface area contributed by atoms with E-state index in [-0.39, 0.29) is 0 Å². The van der Waals surface area contributed by atoms with E-state index in [4.69, 9.17) is 0 Å². The SMILES string of the molecule is CC.CC.CN1CCC12CCCN(c1ncnc3[nH]ccc13)C2. The Morgan fingerprint density at radius 2 is 1.87 bits per heavy atom. The lowest BCUT2D eigenvalue weighted by molar-refractivity contribution is -0.000563. The molecule has 2 aliphatic heterocycles. The molecule has 0 amide bonds. The topological polar surface area (TPSA) is 48.1 Å². The molecule has 4 rings (SSSR count). The summed E-state index contributed by atoms with van der Waals surface area (Å²) in [6, 6.07) is 2.08. The lowest BCUT2D eigenvalue weighted by atomic mass is 9.78. The summed E-state index contributed by atoms with van der Waals surface area (Å²) in [7, 11) is 2.25. The van der Waals surface area contributed by atoms with Gasteiger partial charge in [-0.1, -0.05) is 27.7 Å². The maximum Gasteiger partial charge on any atom is 0.142 e. The van der Waals surface area contributed by atoms with Gasteiger partial charge < -0.3 is 9.88 Å².